The van der Waals surface area contributed by atoms with E-state index in [0.29, 0.717) is 48.2 Å². The second-order valence-corrected chi connectivity index (χ2v) is 7.16. The largest absolute Gasteiger partial charge is 0.366 e. The van der Waals surface area contributed by atoms with Crippen LogP contribution in [-0.4, -0.2) is 57.4 Å². The molecule has 10 heteroatoms. The van der Waals surface area contributed by atoms with E-state index < -0.39 is 0 Å². The molecule has 0 saturated heterocycles. The molecule has 2 heterocycles. The lowest BCUT2D eigenvalue weighted by atomic mass is 9.91. The van der Waals surface area contributed by atoms with E-state index in [9.17, 15) is 9.59 Å². The van der Waals surface area contributed by atoms with Crippen LogP contribution in [0.25, 0.3) is 0 Å². The molecule has 160 valence electrons. The van der Waals surface area contributed by atoms with Gasteiger partial charge in [-0.1, -0.05) is 0 Å². The fourth-order valence-corrected chi connectivity index (χ4v) is 3.36. The Morgan fingerprint density at radius 2 is 1.13 bits per heavy atom. The summed E-state index contributed by atoms with van der Waals surface area (Å²) in [6.45, 7) is 4.84. The second-order valence-electron chi connectivity index (χ2n) is 7.16. The zero-order chi connectivity index (χ0) is 21.3. The highest BCUT2D eigenvalue weighted by molar-refractivity contribution is 5.92. The molecule has 0 radical (unpaired) electrons. The summed E-state index contributed by atoms with van der Waals surface area (Å²) in [6, 6.07) is 7.53. The van der Waals surface area contributed by atoms with Crippen LogP contribution < -0.4 is 21.3 Å². The van der Waals surface area contributed by atoms with E-state index in [-0.39, 0.29) is 11.8 Å². The minimum Gasteiger partial charge on any atom is -0.366 e. The fourth-order valence-electron chi connectivity index (χ4n) is 3.36. The molecule has 2 aromatic rings. The first-order valence-electron chi connectivity index (χ1n) is 10.4. The molecule has 0 bridgehead atoms. The monoisotopic (exact) mass is 412 g/mol. The molecule has 1 aliphatic carbocycles. The van der Waals surface area contributed by atoms with Crippen LogP contribution in [0.3, 0.4) is 0 Å². The van der Waals surface area contributed by atoms with E-state index in [1.165, 1.54) is 0 Å². The number of aromatic nitrogens is 4. The van der Waals surface area contributed by atoms with Gasteiger partial charge in [-0.2, -0.15) is 0 Å². The quantitative estimate of drug-likeness (QED) is 0.514. The average Bonchev–Trinajstić information content (AvgIpc) is 2.76. The highest BCUT2D eigenvalue weighted by atomic mass is 16.2. The number of anilines is 2. The molecule has 10 nitrogen and oxygen atoms in total. The zero-order valence-electron chi connectivity index (χ0n) is 17.3. The van der Waals surface area contributed by atoms with Crippen LogP contribution in [0.15, 0.2) is 24.3 Å². The van der Waals surface area contributed by atoms with Crippen molar-refractivity contribution in [2.24, 2.45) is 0 Å². The average molecular weight is 412 g/mol. The molecule has 3 rings (SSSR count). The number of carbonyl (C=O) groups excluding carboxylic acids is 2. The van der Waals surface area contributed by atoms with Crippen molar-refractivity contribution < 1.29 is 9.59 Å². The van der Waals surface area contributed by atoms with Gasteiger partial charge in [0.05, 0.1) is 0 Å². The van der Waals surface area contributed by atoms with Crippen molar-refractivity contribution in [1.29, 1.82) is 0 Å². The first-order chi connectivity index (χ1) is 14.6. The summed E-state index contributed by atoms with van der Waals surface area (Å²) in [7, 11) is 0. The number of rotatable bonds is 8. The molecular formula is C20H28N8O2. The molecule has 0 aromatic carbocycles. The summed E-state index contributed by atoms with van der Waals surface area (Å²) in [5.41, 5.74) is 0.629. The van der Waals surface area contributed by atoms with Crippen molar-refractivity contribution in [3.8, 4) is 0 Å². The van der Waals surface area contributed by atoms with E-state index >= 15 is 0 Å². The maximum absolute atomic E-state index is 11.7. The van der Waals surface area contributed by atoms with Gasteiger partial charge in [0.2, 0.25) is 0 Å². The molecule has 1 aliphatic rings. The lowest BCUT2D eigenvalue weighted by Crippen LogP contribution is -2.33. The van der Waals surface area contributed by atoms with Gasteiger partial charge in [0, 0.05) is 25.2 Å². The Kier molecular flexibility index (Phi) is 7.47. The summed E-state index contributed by atoms with van der Waals surface area (Å²) in [5, 5.41) is 28.4. The minimum absolute atomic E-state index is 0.217. The maximum atomic E-state index is 11.7. The number of amides is 2. The molecule has 1 saturated carbocycles. The maximum Gasteiger partial charge on any atom is 0.271 e. The molecule has 4 N–H and O–H groups in total. The van der Waals surface area contributed by atoms with Gasteiger partial charge in [-0.3, -0.25) is 9.59 Å². The third kappa shape index (κ3) is 5.85. The van der Waals surface area contributed by atoms with Gasteiger partial charge in [-0.05, 0) is 63.8 Å². The Bertz CT molecular complexity index is 761. The number of nitrogens with one attached hydrogen (secondary N) is 4. The van der Waals surface area contributed by atoms with Crippen molar-refractivity contribution in [2.45, 2.75) is 51.6 Å². The van der Waals surface area contributed by atoms with Crippen molar-refractivity contribution in [2.75, 3.05) is 23.7 Å². The van der Waals surface area contributed by atoms with E-state index in [1.807, 2.05) is 13.8 Å². The summed E-state index contributed by atoms with van der Waals surface area (Å²) in [5.74, 6) is 0.910. The number of carbonyl (C=O) groups is 2. The molecule has 0 atom stereocenters. The number of hydrogen-bond acceptors (Lipinski definition) is 8. The van der Waals surface area contributed by atoms with Gasteiger partial charge in [-0.25, -0.2) is 0 Å². The van der Waals surface area contributed by atoms with Gasteiger partial charge in [-0.15, -0.1) is 20.4 Å². The smallest absolute Gasteiger partial charge is 0.271 e. The predicted molar refractivity (Wildman–Crippen MR) is 113 cm³/mol. The van der Waals surface area contributed by atoms with Crippen LogP contribution in [0, 0.1) is 0 Å². The standard InChI is InChI=1S/C20H28N8O2/c1-3-21-19(29)15-9-11-17(27-25-15)23-13-5-7-14(8-6-13)24-18-12-10-16(26-28-18)20(30)22-4-2/h9-14H,3-8H2,1-2H3,(H,21,29)(H,22,30)(H,23,27)(H,24,28). The summed E-state index contributed by atoms with van der Waals surface area (Å²) in [6.07, 6.45) is 3.90. The van der Waals surface area contributed by atoms with Gasteiger partial charge in [0.15, 0.2) is 11.4 Å². The first kappa shape index (κ1) is 21.4. The SMILES string of the molecule is CCNC(=O)c1ccc(NC2CCC(Nc3ccc(C(=O)NCC)nn3)CC2)nn1. The van der Waals surface area contributed by atoms with Crippen LogP contribution in [0.4, 0.5) is 11.6 Å². The zero-order valence-corrected chi connectivity index (χ0v) is 17.3. The van der Waals surface area contributed by atoms with Gasteiger partial charge < -0.3 is 21.3 Å². The van der Waals surface area contributed by atoms with Gasteiger partial charge in [0.1, 0.15) is 11.6 Å². The highest BCUT2D eigenvalue weighted by Gasteiger charge is 2.22. The first-order valence-corrected chi connectivity index (χ1v) is 10.4. The Morgan fingerprint density at radius 1 is 0.733 bits per heavy atom. The Balaban J connectivity index is 1.44. The number of nitrogens with zero attached hydrogens (tertiary/aromatic N) is 4. The van der Waals surface area contributed by atoms with Crippen molar-refractivity contribution in [3.05, 3.63) is 35.7 Å². The van der Waals surface area contributed by atoms with Gasteiger partial charge >= 0.3 is 0 Å². The van der Waals surface area contributed by atoms with Gasteiger partial charge in [0.25, 0.3) is 11.8 Å². The molecule has 2 amide bonds. The van der Waals surface area contributed by atoms with E-state index in [0.717, 1.165) is 25.7 Å². The molecule has 0 unspecified atom stereocenters. The van der Waals surface area contributed by atoms with Crippen LogP contribution in [0.2, 0.25) is 0 Å². The second kappa shape index (κ2) is 10.5. The Morgan fingerprint density at radius 3 is 1.43 bits per heavy atom. The minimum atomic E-state index is -0.217. The van der Waals surface area contributed by atoms with E-state index in [1.54, 1.807) is 24.3 Å². The summed E-state index contributed by atoms with van der Waals surface area (Å²) in [4.78, 5) is 23.5. The Hall–Kier alpha value is -3.30. The van der Waals surface area contributed by atoms with Crippen LogP contribution in [0.5, 0.6) is 0 Å². The van der Waals surface area contributed by atoms with Crippen molar-refractivity contribution in [3.63, 3.8) is 0 Å². The number of hydrogen-bond donors (Lipinski definition) is 4. The van der Waals surface area contributed by atoms with E-state index in [2.05, 4.69) is 41.7 Å². The summed E-state index contributed by atoms with van der Waals surface area (Å²) < 4.78 is 0. The summed E-state index contributed by atoms with van der Waals surface area (Å²) >= 11 is 0. The van der Waals surface area contributed by atoms with Crippen molar-refractivity contribution in [1.82, 2.24) is 31.0 Å². The molecule has 0 spiro atoms. The normalized spacial score (nSPS) is 18.3. The van der Waals surface area contributed by atoms with Crippen LogP contribution in [0.1, 0.15) is 60.5 Å². The lowest BCUT2D eigenvalue weighted by Gasteiger charge is -2.30. The fraction of sp³-hybridized carbons (Fsp3) is 0.500. The van der Waals surface area contributed by atoms with Crippen LogP contribution >= 0.6 is 0 Å². The third-order valence-electron chi connectivity index (χ3n) is 4.90. The molecule has 2 aromatic heterocycles. The van der Waals surface area contributed by atoms with E-state index in [4.69, 9.17) is 0 Å². The molecule has 0 aliphatic heterocycles. The predicted octanol–water partition coefficient (Wildman–Crippen LogP) is 1.60. The van der Waals surface area contributed by atoms with Crippen LogP contribution in [-0.2, 0) is 0 Å². The molecule has 1 fully saturated rings. The molecule has 30 heavy (non-hydrogen) atoms. The lowest BCUT2D eigenvalue weighted by molar-refractivity contribution is 0.0941. The highest BCUT2D eigenvalue weighted by Crippen LogP contribution is 2.23. The third-order valence-corrected chi connectivity index (χ3v) is 4.90. The Labute approximate surface area is 175 Å². The van der Waals surface area contributed by atoms with Crippen molar-refractivity contribution >= 4 is 23.5 Å². The topological polar surface area (TPSA) is 134 Å². The molecular weight excluding hydrogens is 384 g/mol.